The van der Waals surface area contributed by atoms with Crippen molar-refractivity contribution >= 4 is 16.8 Å². The Morgan fingerprint density at radius 3 is 2.64 bits per heavy atom. The summed E-state index contributed by atoms with van der Waals surface area (Å²) in [4.78, 5) is 15.2. The number of hydrogen-bond donors (Lipinski definition) is 2. The maximum absolute atomic E-state index is 13.8. The molecule has 4 rings (SSSR count). The molecule has 0 bridgehead atoms. The molecule has 0 saturated heterocycles. The Bertz CT molecular complexity index is 1060. The third-order valence-corrected chi connectivity index (χ3v) is 4.58. The Labute approximate surface area is 155 Å². The highest BCUT2D eigenvalue weighted by Crippen LogP contribution is 2.42. The van der Waals surface area contributed by atoms with Crippen LogP contribution in [0, 0.1) is 11.6 Å². The molecule has 1 aromatic heterocycles. The van der Waals surface area contributed by atoms with Gasteiger partial charge in [0.15, 0.2) is 11.6 Å². The molecule has 0 aliphatic heterocycles. The summed E-state index contributed by atoms with van der Waals surface area (Å²) >= 11 is 0. The van der Waals surface area contributed by atoms with Gasteiger partial charge in [0.2, 0.25) is 0 Å². The first-order valence-electron chi connectivity index (χ1n) is 8.35. The number of benzene rings is 2. The number of rotatable bonds is 4. The van der Waals surface area contributed by atoms with Crippen molar-refractivity contribution in [1.82, 2.24) is 10.3 Å². The van der Waals surface area contributed by atoms with Crippen molar-refractivity contribution in [2.75, 3.05) is 0 Å². The van der Waals surface area contributed by atoms with Crippen LogP contribution in [0.5, 0.6) is 5.75 Å². The molecule has 1 saturated carbocycles. The van der Waals surface area contributed by atoms with Crippen molar-refractivity contribution < 1.29 is 31.5 Å². The monoisotopic (exact) mass is 396 g/mol. The van der Waals surface area contributed by atoms with E-state index < -0.39 is 29.7 Å². The van der Waals surface area contributed by atoms with Crippen LogP contribution in [0.15, 0.2) is 42.5 Å². The van der Waals surface area contributed by atoms with E-state index in [2.05, 4.69) is 15.0 Å². The highest BCUT2D eigenvalue weighted by atomic mass is 19.4. The molecule has 0 radical (unpaired) electrons. The number of alkyl halides is 3. The number of carbonyl (C=O) groups is 1. The Balaban J connectivity index is 1.51. The SMILES string of the molecule is O=C(N[C@@H]1C[C@H]1c1cccc(F)c1F)c1cc2c(OC(F)(F)F)cccc2[nH]1. The van der Waals surface area contributed by atoms with Gasteiger partial charge in [-0.1, -0.05) is 18.2 Å². The van der Waals surface area contributed by atoms with Crippen LogP contribution >= 0.6 is 0 Å². The second kappa shape index (κ2) is 6.50. The zero-order chi connectivity index (χ0) is 20.1. The minimum Gasteiger partial charge on any atom is -0.405 e. The maximum atomic E-state index is 13.8. The molecule has 1 aliphatic carbocycles. The summed E-state index contributed by atoms with van der Waals surface area (Å²) in [6.45, 7) is 0. The predicted octanol–water partition coefficient (Wildman–Crippen LogP) is 4.63. The van der Waals surface area contributed by atoms with Crippen molar-refractivity contribution in [2.45, 2.75) is 24.7 Å². The molecule has 9 heteroatoms. The lowest BCUT2D eigenvalue weighted by Gasteiger charge is -2.09. The van der Waals surface area contributed by atoms with Crippen LogP contribution in [0.1, 0.15) is 28.4 Å². The Morgan fingerprint density at radius 2 is 1.89 bits per heavy atom. The molecule has 2 aromatic carbocycles. The average molecular weight is 396 g/mol. The first-order valence-corrected chi connectivity index (χ1v) is 8.35. The molecular weight excluding hydrogens is 383 g/mol. The number of nitrogens with one attached hydrogen (secondary N) is 2. The third-order valence-electron chi connectivity index (χ3n) is 4.58. The number of amides is 1. The van der Waals surface area contributed by atoms with E-state index >= 15 is 0 Å². The van der Waals surface area contributed by atoms with Gasteiger partial charge in [0, 0.05) is 22.9 Å². The van der Waals surface area contributed by atoms with E-state index in [-0.39, 0.29) is 28.6 Å². The Hall–Kier alpha value is -3.10. The van der Waals surface area contributed by atoms with Crippen molar-refractivity contribution in [2.24, 2.45) is 0 Å². The lowest BCUT2D eigenvalue weighted by molar-refractivity contribution is -0.274. The summed E-state index contributed by atoms with van der Waals surface area (Å²) in [7, 11) is 0. The minimum atomic E-state index is -4.86. The van der Waals surface area contributed by atoms with Gasteiger partial charge in [0.1, 0.15) is 11.4 Å². The summed E-state index contributed by atoms with van der Waals surface area (Å²) < 4.78 is 68.7. The number of hydrogen-bond acceptors (Lipinski definition) is 2. The number of carbonyl (C=O) groups excluding carboxylic acids is 1. The van der Waals surface area contributed by atoms with Crippen molar-refractivity contribution in [3.05, 3.63) is 65.4 Å². The van der Waals surface area contributed by atoms with E-state index in [4.69, 9.17) is 0 Å². The number of aromatic nitrogens is 1. The number of ether oxygens (including phenoxy) is 1. The van der Waals surface area contributed by atoms with Crippen LogP contribution in [0.25, 0.3) is 10.9 Å². The smallest absolute Gasteiger partial charge is 0.405 e. The van der Waals surface area contributed by atoms with Gasteiger partial charge in [-0.15, -0.1) is 13.2 Å². The summed E-state index contributed by atoms with van der Waals surface area (Å²) in [6, 6.07) is 8.76. The van der Waals surface area contributed by atoms with Gasteiger partial charge in [0.05, 0.1) is 0 Å². The zero-order valence-electron chi connectivity index (χ0n) is 14.1. The van der Waals surface area contributed by atoms with E-state index in [1.54, 1.807) is 0 Å². The summed E-state index contributed by atoms with van der Waals surface area (Å²) in [5.41, 5.74) is 0.525. The number of halogens is 5. The molecule has 146 valence electrons. The van der Waals surface area contributed by atoms with Crippen molar-refractivity contribution in [3.63, 3.8) is 0 Å². The molecule has 4 nitrogen and oxygen atoms in total. The summed E-state index contributed by atoms with van der Waals surface area (Å²) in [5, 5.41) is 2.78. The molecule has 28 heavy (non-hydrogen) atoms. The molecule has 2 atom stereocenters. The van der Waals surface area contributed by atoms with Gasteiger partial charge in [-0.2, -0.15) is 0 Å². The van der Waals surface area contributed by atoms with Gasteiger partial charge < -0.3 is 15.0 Å². The van der Waals surface area contributed by atoms with Crippen molar-refractivity contribution in [3.8, 4) is 5.75 Å². The number of H-pyrrole nitrogens is 1. The van der Waals surface area contributed by atoms with E-state index in [0.29, 0.717) is 11.9 Å². The Morgan fingerprint density at radius 1 is 1.14 bits per heavy atom. The van der Waals surface area contributed by atoms with Gasteiger partial charge in [-0.05, 0) is 36.2 Å². The topological polar surface area (TPSA) is 54.1 Å². The Kier molecular flexibility index (Phi) is 4.24. The molecule has 0 spiro atoms. The van der Waals surface area contributed by atoms with E-state index in [0.717, 1.165) is 12.1 Å². The molecule has 0 unspecified atom stereocenters. The van der Waals surface area contributed by atoms with Crippen LogP contribution in [0.3, 0.4) is 0 Å². The standard InChI is InChI=1S/C19H13F5N2O2/c20-12-4-1-3-9(17(12)21)10-7-14(10)26-18(27)15-8-11-13(25-15)5-2-6-16(11)28-19(22,23)24/h1-6,8,10,14,25H,7H2,(H,26,27)/t10-,14+/m0/s1. The molecule has 2 N–H and O–H groups in total. The lowest BCUT2D eigenvalue weighted by Crippen LogP contribution is -2.27. The maximum Gasteiger partial charge on any atom is 0.573 e. The molecule has 3 aromatic rings. The molecular formula is C19H13F5N2O2. The highest BCUT2D eigenvalue weighted by molar-refractivity contribution is 6.00. The molecule has 1 aliphatic rings. The van der Waals surface area contributed by atoms with Gasteiger partial charge in [-0.25, -0.2) is 8.78 Å². The van der Waals surface area contributed by atoms with Gasteiger partial charge in [-0.3, -0.25) is 4.79 Å². The van der Waals surface area contributed by atoms with E-state index in [9.17, 15) is 26.7 Å². The molecule has 1 heterocycles. The first-order chi connectivity index (χ1) is 13.2. The van der Waals surface area contributed by atoms with E-state index in [1.807, 2.05) is 0 Å². The van der Waals surface area contributed by atoms with Crippen LogP contribution < -0.4 is 10.1 Å². The van der Waals surface area contributed by atoms with E-state index in [1.165, 1.54) is 30.3 Å². The average Bonchev–Trinajstić information content (AvgIpc) is 3.21. The van der Waals surface area contributed by atoms with Crippen LogP contribution in [0.2, 0.25) is 0 Å². The second-order valence-electron chi connectivity index (χ2n) is 6.51. The second-order valence-corrected chi connectivity index (χ2v) is 6.51. The summed E-state index contributed by atoms with van der Waals surface area (Å²) in [6.07, 6.45) is -4.42. The van der Waals surface area contributed by atoms with Crippen LogP contribution in [-0.2, 0) is 0 Å². The number of aromatic amines is 1. The fraction of sp³-hybridized carbons (Fsp3) is 0.211. The van der Waals surface area contributed by atoms with Crippen LogP contribution in [-0.4, -0.2) is 23.3 Å². The largest absolute Gasteiger partial charge is 0.573 e. The predicted molar refractivity (Wildman–Crippen MR) is 90.0 cm³/mol. The fourth-order valence-electron chi connectivity index (χ4n) is 3.21. The molecule has 1 amide bonds. The minimum absolute atomic E-state index is 0.0404. The zero-order valence-corrected chi connectivity index (χ0v) is 14.1. The number of fused-ring (bicyclic) bond motifs is 1. The highest BCUT2D eigenvalue weighted by Gasteiger charge is 2.42. The summed E-state index contributed by atoms with van der Waals surface area (Å²) in [5.74, 6) is -3.23. The van der Waals surface area contributed by atoms with Crippen LogP contribution in [0.4, 0.5) is 22.0 Å². The third kappa shape index (κ3) is 3.51. The quantitative estimate of drug-likeness (QED) is 0.632. The van der Waals surface area contributed by atoms with Gasteiger partial charge >= 0.3 is 6.36 Å². The molecule has 1 fully saturated rings. The first kappa shape index (κ1) is 18.3. The van der Waals surface area contributed by atoms with Crippen molar-refractivity contribution in [1.29, 1.82) is 0 Å². The lowest BCUT2D eigenvalue weighted by atomic mass is 10.1. The fourth-order valence-corrected chi connectivity index (χ4v) is 3.21. The normalized spacial score (nSPS) is 18.9. The van der Waals surface area contributed by atoms with Gasteiger partial charge in [0.25, 0.3) is 5.91 Å².